The molecule has 1 amide bonds. The molecule has 0 saturated heterocycles. The third-order valence-electron chi connectivity index (χ3n) is 2.20. The molecule has 0 aromatic carbocycles. The second kappa shape index (κ2) is 4.78. The van der Waals surface area contributed by atoms with Gasteiger partial charge >= 0.3 is 0 Å². The molecular formula is C12H14N4O. The minimum atomic E-state index is -0.107. The number of amides is 1. The monoisotopic (exact) mass is 230 g/mol. The molecular weight excluding hydrogens is 216 g/mol. The Hall–Kier alpha value is -2.17. The van der Waals surface area contributed by atoms with E-state index in [-0.39, 0.29) is 11.9 Å². The van der Waals surface area contributed by atoms with Crippen LogP contribution in [0.4, 0.5) is 0 Å². The van der Waals surface area contributed by atoms with Crippen molar-refractivity contribution in [2.75, 3.05) is 0 Å². The van der Waals surface area contributed by atoms with Gasteiger partial charge in [-0.2, -0.15) is 0 Å². The van der Waals surface area contributed by atoms with E-state index in [0.717, 1.165) is 5.82 Å². The Kier molecular flexibility index (Phi) is 3.18. The number of hydrogen-bond donors (Lipinski definition) is 1. The van der Waals surface area contributed by atoms with Crippen LogP contribution in [0.2, 0.25) is 0 Å². The minimum Gasteiger partial charge on any atom is -0.350 e. The lowest BCUT2D eigenvalue weighted by Gasteiger charge is -2.08. The Labute approximate surface area is 99.5 Å². The van der Waals surface area contributed by atoms with Crippen LogP contribution in [0.15, 0.2) is 37.1 Å². The smallest absolute Gasteiger partial charge is 0.253 e. The number of carbonyl (C=O) groups excluding carboxylic acids is 1. The van der Waals surface area contributed by atoms with Crippen molar-refractivity contribution in [3.63, 3.8) is 0 Å². The topological polar surface area (TPSA) is 59.8 Å². The number of hydrogen-bond acceptors (Lipinski definition) is 3. The van der Waals surface area contributed by atoms with Crippen molar-refractivity contribution in [3.05, 3.63) is 42.6 Å². The summed E-state index contributed by atoms with van der Waals surface area (Å²) in [5, 5.41) is 2.82. The fourth-order valence-corrected chi connectivity index (χ4v) is 1.41. The number of nitrogens with one attached hydrogen (secondary N) is 1. The predicted molar refractivity (Wildman–Crippen MR) is 64.0 cm³/mol. The number of nitrogens with zero attached hydrogens (tertiary/aromatic N) is 3. The SMILES string of the molecule is CC(C)NC(=O)c1ccc(-n2ccnc2)nc1. The van der Waals surface area contributed by atoms with Crippen LogP contribution in [0.3, 0.4) is 0 Å². The van der Waals surface area contributed by atoms with Crippen molar-refractivity contribution < 1.29 is 4.79 Å². The molecule has 0 radical (unpaired) electrons. The van der Waals surface area contributed by atoms with Crippen molar-refractivity contribution in [2.24, 2.45) is 0 Å². The van der Waals surface area contributed by atoms with Crippen LogP contribution in [-0.4, -0.2) is 26.5 Å². The van der Waals surface area contributed by atoms with E-state index in [9.17, 15) is 4.79 Å². The second-order valence-electron chi connectivity index (χ2n) is 4.00. The number of imidazole rings is 1. The molecule has 88 valence electrons. The van der Waals surface area contributed by atoms with E-state index in [4.69, 9.17) is 0 Å². The molecule has 0 aliphatic heterocycles. The Bertz CT molecular complexity index is 488. The van der Waals surface area contributed by atoms with Crippen LogP contribution in [0.1, 0.15) is 24.2 Å². The van der Waals surface area contributed by atoms with Gasteiger partial charge in [0.1, 0.15) is 12.1 Å². The maximum absolute atomic E-state index is 11.7. The molecule has 5 nitrogen and oxygen atoms in total. The van der Waals surface area contributed by atoms with E-state index < -0.39 is 0 Å². The molecule has 2 aromatic heterocycles. The highest BCUT2D eigenvalue weighted by Gasteiger charge is 2.07. The summed E-state index contributed by atoms with van der Waals surface area (Å²) < 4.78 is 1.78. The molecule has 0 fully saturated rings. The Balaban J connectivity index is 2.16. The van der Waals surface area contributed by atoms with Crippen LogP contribution >= 0.6 is 0 Å². The number of carbonyl (C=O) groups is 1. The van der Waals surface area contributed by atoms with E-state index in [2.05, 4.69) is 15.3 Å². The standard InChI is InChI=1S/C12H14N4O/c1-9(2)15-12(17)10-3-4-11(14-7-10)16-6-5-13-8-16/h3-9H,1-2H3,(H,15,17). The van der Waals surface area contributed by atoms with Crippen molar-refractivity contribution in [1.82, 2.24) is 19.9 Å². The molecule has 17 heavy (non-hydrogen) atoms. The Morgan fingerprint density at radius 3 is 2.76 bits per heavy atom. The Morgan fingerprint density at radius 2 is 2.24 bits per heavy atom. The first kappa shape index (κ1) is 11.3. The summed E-state index contributed by atoms with van der Waals surface area (Å²) in [7, 11) is 0. The van der Waals surface area contributed by atoms with Gasteiger partial charge in [-0.05, 0) is 26.0 Å². The maximum Gasteiger partial charge on any atom is 0.253 e. The molecule has 0 unspecified atom stereocenters. The average molecular weight is 230 g/mol. The zero-order chi connectivity index (χ0) is 12.3. The quantitative estimate of drug-likeness (QED) is 0.867. The van der Waals surface area contributed by atoms with Gasteiger partial charge in [0.05, 0.1) is 5.56 Å². The molecule has 2 aromatic rings. The molecule has 1 N–H and O–H groups in total. The van der Waals surface area contributed by atoms with Gasteiger partial charge in [-0.25, -0.2) is 9.97 Å². The van der Waals surface area contributed by atoms with Gasteiger partial charge in [-0.1, -0.05) is 0 Å². The van der Waals surface area contributed by atoms with E-state index in [1.807, 2.05) is 13.8 Å². The van der Waals surface area contributed by atoms with E-state index in [1.165, 1.54) is 0 Å². The van der Waals surface area contributed by atoms with Gasteiger partial charge in [-0.3, -0.25) is 9.36 Å². The van der Waals surface area contributed by atoms with Gasteiger partial charge in [-0.15, -0.1) is 0 Å². The highest BCUT2D eigenvalue weighted by molar-refractivity contribution is 5.94. The third-order valence-corrected chi connectivity index (χ3v) is 2.20. The average Bonchev–Trinajstić information content (AvgIpc) is 2.82. The number of rotatable bonds is 3. The van der Waals surface area contributed by atoms with Crippen LogP contribution in [0.25, 0.3) is 5.82 Å². The van der Waals surface area contributed by atoms with Crippen LogP contribution in [0.5, 0.6) is 0 Å². The lowest BCUT2D eigenvalue weighted by molar-refractivity contribution is 0.0943. The highest BCUT2D eigenvalue weighted by Crippen LogP contribution is 2.05. The molecule has 2 heterocycles. The van der Waals surface area contributed by atoms with Crippen molar-refractivity contribution >= 4 is 5.91 Å². The van der Waals surface area contributed by atoms with E-state index >= 15 is 0 Å². The fourth-order valence-electron chi connectivity index (χ4n) is 1.41. The molecule has 2 rings (SSSR count). The molecule has 0 aliphatic rings. The zero-order valence-electron chi connectivity index (χ0n) is 9.79. The zero-order valence-corrected chi connectivity index (χ0v) is 9.79. The first-order valence-corrected chi connectivity index (χ1v) is 5.42. The van der Waals surface area contributed by atoms with Gasteiger partial charge in [0.15, 0.2) is 0 Å². The first-order chi connectivity index (χ1) is 8.16. The summed E-state index contributed by atoms with van der Waals surface area (Å²) in [5.74, 6) is 0.633. The molecule has 0 spiro atoms. The van der Waals surface area contributed by atoms with Gasteiger partial charge in [0.2, 0.25) is 0 Å². The first-order valence-electron chi connectivity index (χ1n) is 5.42. The van der Waals surface area contributed by atoms with Crippen LogP contribution in [0, 0.1) is 0 Å². The van der Waals surface area contributed by atoms with Crippen molar-refractivity contribution in [2.45, 2.75) is 19.9 Å². The summed E-state index contributed by atoms with van der Waals surface area (Å²) in [6, 6.07) is 3.66. The highest BCUT2D eigenvalue weighted by atomic mass is 16.1. The summed E-state index contributed by atoms with van der Waals surface area (Å²) >= 11 is 0. The van der Waals surface area contributed by atoms with E-state index in [1.54, 1.807) is 41.6 Å². The van der Waals surface area contributed by atoms with Crippen LogP contribution < -0.4 is 5.32 Å². The third kappa shape index (κ3) is 2.69. The second-order valence-corrected chi connectivity index (χ2v) is 4.00. The number of aromatic nitrogens is 3. The van der Waals surface area contributed by atoms with Gasteiger partial charge < -0.3 is 5.32 Å². The molecule has 0 aliphatic carbocycles. The van der Waals surface area contributed by atoms with Crippen LogP contribution in [-0.2, 0) is 0 Å². The molecule has 5 heteroatoms. The normalized spacial score (nSPS) is 10.5. The summed E-state index contributed by atoms with van der Waals surface area (Å²) in [5.41, 5.74) is 0.558. The summed E-state index contributed by atoms with van der Waals surface area (Å²) in [6.07, 6.45) is 6.71. The maximum atomic E-state index is 11.7. The lowest BCUT2D eigenvalue weighted by Crippen LogP contribution is -2.30. The van der Waals surface area contributed by atoms with Gasteiger partial charge in [0.25, 0.3) is 5.91 Å². The predicted octanol–water partition coefficient (Wildman–Crippen LogP) is 1.41. The fraction of sp³-hybridized carbons (Fsp3) is 0.250. The largest absolute Gasteiger partial charge is 0.350 e. The Morgan fingerprint density at radius 1 is 1.41 bits per heavy atom. The molecule has 0 saturated carbocycles. The molecule has 0 atom stereocenters. The van der Waals surface area contributed by atoms with Crippen molar-refractivity contribution in [3.8, 4) is 5.82 Å². The van der Waals surface area contributed by atoms with Gasteiger partial charge in [0, 0.05) is 24.6 Å². The summed E-state index contributed by atoms with van der Waals surface area (Å²) in [6.45, 7) is 3.84. The van der Waals surface area contributed by atoms with Crippen molar-refractivity contribution in [1.29, 1.82) is 0 Å². The number of pyridine rings is 1. The molecule has 0 bridgehead atoms. The summed E-state index contributed by atoms with van der Waals surface area (Å²) in [4.78, 5) is 19.8. The van der Waals surface area contributed by atoms with E-state index in [0.29, 0.717) is 5.56 Å². The minimum absolute atomic E-state index is 0.107. The lowest BCUT2D eigenvalue weighted by atomic mass is 10.2.